The first-order valence-electron chi connectivity index (χ1n) is 9.73. The third-order valence-electron chi connectivity index (χ3n) is 4.72. The molecule has 0 aromatic rings. The first kappa shape index (κ1) is 33.0. The van der Waals surface area contributed by atoms with Crippen LogP contribution in [0.1, 0.15) is 95.9 Å². The van der Waals surface area contributed by atoms with Crippen LogP contribution >= 0.6 is 0 Å². The van der Waals surface area contributed by atoms with Gasteiger partial charge in [0.05, 0.1) is 0 Å². The second-order valence-corrected chi connectivity index (χ2v) is 11.9. The zero-order valence-electron chi connectivity index (χ0n) is 20.1. The largest absolute Gasteiger partial charge is 2.00 e. The topological polar surface area (TPSA) is 92.2 Å². The van der Waals surface area contributed by atoms with Gasteiger partial charge in [0.15, 0.2) is 0 Å². The first-order chi connectivity index (χ1) is 11.1. The molecule has 0 saturated carbocycles. The summed E-state index contributed by atoms with van der Waals surface area (Å²) in [7, 11) is 0. The van der Waals surface area contributed by atoms with Crippen molar-refractivity contribution in [3.05, 3.63) is 0 Å². The summed E-state index contributed by atoms with van der Waals surface area (Å²) in [4.78, 5) is 0. The molecule has 0 amide bonds. The predicted molar refractivity (Wildman–Crippen MR) is 108 cm³/mol. The summed E-state index contributed by atoms with van der Waals surface area (Å²) in [5, 5.41) is 46.4. The van der Waals surface area contributed by atoms with Crippen LogP contribution in [0.25, 0.3) is 0 Å². The van der Waals surface area contributed by atoms with Crippen LogP contribution in [-0.2, 0) is 0 Å². The minimum atomic E-state index is -0.755. The van der Waals surface area contributed by atoms with Gasteiger partial charge in [-0.25, -0.2) is 0 Å². The number of hydrogen-bond acceptors (Lipinski definition) is 4. The molecule has 0 radical (unpaired) electrons. The molecule has 0 saturated heterocycles. The molecule has 0 aromatic heterocycles. The second-order valence-electron chi connectivity index (χ2n) is 11.9. The molecule has 0 fully saturated rings. The van der Waals surface area contributed by atoms with Crippen molar-refractivity contribution in [2.75, 3.05) is 0 Å². The Morgan fingerprint density at radius 1 is 0.407 bits per heavy atom. The van der Waals surface area contributed by atoms with E-state index in [1.807, 2.05) is 83.1 Å². The summed E-state index contributed by atoms with van der Waals surface area (Å²) in [6.07, 6.45) is -2.56. The van der Waals surface area contributed by atoms with Gasteiger partial charge in [-0.1, -0.05) is 118 Å². The van der Waals surface area contributed by atoms with E-state index in [2.05, 4.69) is 0 Å². The van der Waals surface area contributed by atoms with Gasteiger partial charge in [0.2, 0.25) is 0 Å². The van der Waals surface area contributed by atoms with Crippen molar-refractivity contribution in [3.63, 3.8) is 0 Å². The molecule has 0 spiro atoms. The van der Waals surface area contributed by atoms with E-state index in [1.165, 1.54) is 0 Å². The Balaban J connectivity index is -0.000000411. The van der Waals surface area contributed by atoms with Crippen LogP contribution in [0.4, 0.5) is 0 Å². The Morgan fingerprint density at radius 2 is 0.519 bits per heavy atom. The second kappa shape index (κ2) is 12.2. The van der Waals surface area contributed by atoms with E-state index in [0.717, 1.165) is 0 Å². The van der Waals surface area contributed by atoms with Crippen molar-refractivity contribution in [1.29, 1.82) is 0 Å². The Labute approximate surface area is 206 Å². The molecular weight excluding hydrogens is 416 g/mol. The molecule has 0 heterocycles. The van der Waals surface area contributed by atoms with Crippen LogP contribution in [0.5, 0.6) is 0 Å². The zero-order chi connectivity index (χ0) is 21.7. The van der Waals surface area contributed by atoms with Crippen molar-refractivity contribution >= 4 is 45.5 Å². The van der Waals surface area contributed by atoms with Gasteiger partial charge in [0, 0.05) is 0 Å². The molecule has 4 atom stereocenters. The SMILES string of the molecule is CC(C)(C)C([O-])CC([O-])C(C)(C)C.CC(C)(C)C([O-])CC([O-])C(C)(C)C.[Sr+2]. The minimum Gasteiger partial charge on any atom is -0.852 e. The normalized spacial score (nSPS) is 17.8. The van der Waals surface area contributed by atoms with E-state index in [0.29, 0.717) is 0 Å². The quantitative estimate of drug-likeness (QED) is 0.595. The van der Waals surface area contributed by atoms with Crippen LogP contribution in [0.2, 0.25) is 0 Å². The predicted octanol–water partition coefficient (Wildman–Crippen LogP) is 1.47. The number of hydrogen-bond donors (Lipinski definition) is 0. The van der Waals surface area contributed by atoms with Gasteiger partial charge in [-0.15, -0.1) is 24.4 Å². The Bertz CT molecular complexity index is 309. The average Bonchev–Trinajstić information content (AvgIpc) is 2.34. The number of rotatable bonds is 4. The van der Waals surface area contributed by atoms with Gasteiger partial charge in [0.1, 0.15) is 0 Å². The molecule has 0 aliphatic carbocycles. The van der Waals surface area contributed by atoms with Gasteiger partial charge in [0.25, 0.3) is 0 Å². The summed E-state index contributed by atoms with van der Waals surface area (Å²) in [5.74, 6) is 0. The molecule has 4 nitrogen and oxygen atoms in total. The Morgan fingerprint density at radius 3 is 0.593 bits per heavy atom. The molecule has 5 heteroatoms. The molecule has 0 N–H and O–H groups in total. The van der Waals surface area contributed by atoms with E-state index >= 15 is 0 Å². The fourth-order valence-corrected chi connectivity index (χ4v) is 1.80. The van der Waals surface area contributed by atoms with Gasteiger partial charge in [-0.3, -0.25) is 0 Å². The van der Waals surface area contributed by atoms with E-state index < -0.39 is 24.4 Å². The van der Waals surface area contributed by atoms with Crippen LogP contribution in [-0.4, -0.2) is 69.9 Å². The van der Waals surface area contributed by atoms with Crippen LogP contribution in [0.3, 0.4) is 0 Å². The molecular formula is C22H44O4Sr-2. The van der Waals surface area contributed by atoms with E-state index in [-0.39, 0.29) is 80.0 Å². The molecule has 160 valence electrons. The summed E-state index contributed by atoms with van der Waals surface area (Å²) >= 11 is 0. The smallest absolute Gasteiger partial charge is 0.852 e. The maximum Gasteiger partial charge on any atom is 2.00 e. The third-order valence-corrected chi connectivity index (χ3v) is 4.72. The van der Waals surface area contributed by atoms with E-state index in [4.69, 9.17) is 0 Å². The van der Waals surface area contributed by atoms with Crippen molar-refractivity contribution in [2.24, 2.45) is 21.7 Å². The van der Waals surface area contributed by atoms with Gasteiger partial charge < -0.3 is 20.4 Å². The van der Waals surface area contributed by atoms with Crippen molar-refractivity contribution in [3.8, 4) is 0 Å². The summed E-state index contributed by atoms with van der Waals surface area (Å²) < 4.78 is 0. The maximum atomic E-state index is 11.6. The maximum absolute atomic E-state index is 11.6. The third kappa shape index (κ3) is 15.8. The Kier molecular flexibility index (Phi) is 14.9. The van der Waals surface area contributed by atoms with Crippen LogP contribution < -0.4 is 20.4 Å². The van der Waals surface area contributed by atoms with Gasteiger partial charge >= 0.3 is 45.5 Å². The zero-order valence-corrected chi connectivity index (χ0v) is 23.5. The van der Waals surface area contributed by atoms with E-state index in [1.54, 1.807) is 0 Å². The molecule has 0 aliphatic rings. The summed E-state index contributed by atoms with van der Waals surface area (Å²) in [6.45, 7) is 22.7. The fourth-order valence-electron chi connectivity index (χ4n) is 1.80. The summed E-state index contributed by atoms with van der Waals surface area (Å²) in [5.41, 5.74) is -1.19. The average molecular weight is 460 g/mol. The molecule has 0 rings (SSSR count). The fraction of sp³-hybridized carbons (Fsp3) is 1.00. The molecule has 0 aromatic carbocycles. The minimum absolute atomic E-state index is 0. The van der Waals surface area contributed by atoms with Gasteiger partial charge in [-0.05, 0) is 0 Å². The van der Waals surface area contributed by atoms with E-state index in [9.17, 15) is 20.4 Å². The Hall–Kier alpha value is 1.32. The molecule has 4 unspecified atom stereocenters. The van der Waals surface area contributed by atoms with Crippen LogP contribution in [0, 0.1) is 21.7 Å². The van der Waals surface area contributed by atoms with Crippen molar-refractivity contribution in [1.82, 2.24) is 0 Å². The first-order valence-corrected chi connectivity index (χ1v) is 9.73. The monoisotopic (exact) mass is 460 g/mol. The molecule has 27 heavy (non-hydrogen) atoms. The van der Waals surface area contributed by atoms with Crippen molar-refractivity contribution < 1.29 is 20.4 Å². The van der Waals surface area contributed by atoms with Crippen LogP contribution in [0.15, 0.2) is 0 Å². The van der Waals surface area contributed by atoms with Crippen molar-refractivity contribution in [2.45, 2.75) is 120 Å². The standard InChI is InChI=1S/2C11H22O2.Sr/c2*1-10(2,3)8(12)7-9(13)11(4,5)6;/h2*8-9H,7H2,1-6H3;/q2*-2;+2. The molecule has 0 bridgehead atoms. The van der Waals surface area contributed by atoms with Gasteiger partial charge in [-0.2, -0.15) is 0 Å². The molecule has 0 aliphatic heterocycles. The summed E-state index contributed by atoms with van der Waals surface area (Å²) in [6, 6.07) is 0.